The van der Waals surface area contributed by atoms with Crippen LogP contribution in [0, 0.1) is 0 Å². The number of hydrogen-bond acceptors (Lipinski definition) is 3. The van der Waals surface area contributed by atoms with E-state index in [9.17, 15) is 4.79 Å². The molecule has 136 valence electrons. The van der Waals surface area contributed by atoms with E-state index in [4.69, 9.17) is 9.47 Å². The molecule has 26 heavy (non-hydrogen) atoms. The summed E-state index contributed by atoms with van der Waals surface area (Å²) in [6.07, 6.45) is 4.02. The molecule has 0 radical (unpaired) electrons. The van der Waals surface area contributed by atoms with Gasteiger partial charge >= 0.3 is 0 Å². The number of rotatable bonds is 7. The van der Waals surface area contributed by atoms with E-state index >= 15 is 0 Å². The third-order valence-electron chi connectivity index (χ3n) is 4.53. The second kappa shape index (κ2) is 8.09. The summed E-state index contributed by atoms with van der Waals surface area (Å²) >= 11 is 0. The van der Waals surface area contributed by atoms with Gasteiger partial charge in [0.05, 0.1) is 19.4 Å². The molecule has 1 heterocycles. The molecule has 0 fully saturated rings. The van der Waals surface area contributed by atoms with E-state index in [1.807, 2.05) is 55.5 Å². The Morgan fingerprint density at radius 2 is 1.88 bits per heavy atom. The molecule has 1 aliphatic heterocycles. The number of carbonyl (C=O) groups excluding carboxylic acids is 1. The van der Waals surface area contributed by atoms with Crippen molar-refractivity contribution in [1.29, 1.82) is 0 Å². The molecular formula is C22H25NO3. The Morgan fingerprint density at radius 3 is 2.62 bits per heavy atom. The Kier molecular flexibility index (Phi) is 5.61. The molecule has 0 spiro atoms. The third-order valence-corrected chi connectivity index (χ3v) is 4.53. The van der Waals surface area contributed by atoms with Gasteiger partial charge in [0, 0.05) is 17.7 Å². The van der Waals surface area contributed by atoms with Crippen molar-refractivity contribution in [1.82, 2.24) is 0 Å². The Bertz CT molecular complexity index is 826. The van der Waals surface area contributed by atoms with Gasteiger partial charge in [0.15, 0.2) is 11.5 Å². The van der Waals surface area contributed by atoms with Gasteiger partial charge in [0.2, 0.25) is 0 Å². The fourth-order valence-electron chi connectivity index (χ4n) is 3.15. The van der Waals surface area contributed by atoms with Gasteiger partial charge < -0.3 is 14.4 Å². The monoisotopic (exact) mass is 351 g/mol. The molecule has 4 heteroatoms. The smallest absolute Gasteiger partial charge is 0.258 e. The zero-order valence-corrected chi connectivity index (χ0v) is 15.6. The lowest BCUT2D eigenvalue weighted by atomic mass is 10.0. The van der Waals surface area contributed by atoms with E-state index < -0.39 is 0 Å². The summed E-state index contributed by atoms with van der Waals surface area (Å²) in [5.74, 6) is 1.45. The Hall–Kier alpha value is -2.75. The maximum atomic E-state index is 12.8. The highest BCUT2D eigenvalue weighted by molar-refractivity contribution is 6.35. The summed E-state index contributed by atoms with van der Waals surface area (Å²) in [6.45, 7) is 5.44. The van der Waals surface area contributed by atoms with Crippen molar-refractivity contribution in [2.75, 3.05) is 25.2 Å². The average Bonchev–Trinajstić information content (AvgIpc) is 2.94. The Morgan fingerprint density at radius 1 is 1.08 bits per heavy atom. The molecule has 0 bridgehead atoms. The minimum atomic E-state index is 0.0379. The highest BCUT2D eigenvalue weighted by Crippen LogP contribution is 2.38. The maximum Gasteiger partial charge on any atom is 0.258 e. The maximum absolute atomic E-state index is 12.8. The normalized spacial score (nSPS) is 14.7. The summed E-state index contributed by atoms with van der Waals surface area (Å²) in [4.78, 5) is 14.6. The van der Waals surface area contributed by atoms with Crippen LogP contribution in [0.3, 0.4) is 0 Å². The van der Waals surface area contributed by atoms with Crippen molar-refractivity contribution in [2.24, 2.45) is 0 Å². The van der Waals surface area contributed by atoms with E-state index in [0.29, 0.717) is 24.5 Å². The minimum absolute atomic E-state index is 0.0379. The molecule has 0 aromatic heterocycles. The van der Waals surface area contributed by atoms with Gasteiger partial charge in [-0.3, -0.25) is 4.79 Å². The average molecular weight is 351 g/mol. The van der Waals surface area contributed by atoms with Gasteiger partial charge in [-0.15, -0.1) is 0 Å². The third kappa shape index (κ3) is 3.45. The number of anilines is 1. The second-order valence-corrected chi connectivity index (χ2v) is 6.24. The second-order valence-electron chi connectivity index (χ2n) is 6.24. The molecule has 2 aromatic rings. The van der Waals surface area contributed by atoms with Crippen molar-refractivity contribution in [3.63, 3.8) is 0 Å². The first-order valence-corrected chi connectivity index (χ1v) is 9.13. The van der Waals surface area contributed by atoms with Crippen LogP contribution in [0.5, 0.6) is 11.5 Å². The molecule has 0 saturated heterocycles. The number of para-hydroxylation sites is 1. The number of nitrogens with zero attached hydrogens (tertiary/aromatic N) is 1. The molecule has 2 aromatic carbocycles. The SMILES string of the molecule is CCCCOc1ccc(/C=C2/C(=O)N(CC)c3ccccc32)cc1OC. The van der Waals surface area contributed by atoms with Gasteiger partial charge in [-0.2, -0.15) is 0 Å². The van der Waals surface area contributed by atoms with E-state index in [-0.39, 0.29) is 5.91 Å². The first-order valence-electron chi connectivity index (χ1n) is 9.13. The van der Waals surface area contributed by atoms with E-state index in [1.165, 1.54) is 0 Å². The molecule has 4 nitrogen and oxygen atoms in total. The number of benzene rings is 2. The van der Waals surface area contributed by atoms with Crippen molar-refractivity contribution >= 4 is 23.2 Å². The number of amides is 1. The van der Waals surface area contributed by atoms with Crippen molar-refractivity contribution < 1.29 is 14.3 Å². The predicted octanol–water partition coefficient (Wildman–Crippen LogP) is 4.78. The van der Waals surface area contributed by atoms with Crippen LogP contribution in [-0.2, 0) is 4.79 Å². The van der Waals surface area contributed by atoms with Gasteiger partial charge in [0.25, 0.3) is 5.91 Å². The van der Waals surface area contributed by atoms with Crippen molar-refractivity contribution in [2.45, 2.75) is 26.7 Å². The van der Waals surface area contributed by atoms with Crippen molar-refractivity contribution in [3.05, 3.63) is 53.6 Å². The number of hydrogen-bond donors (Lipinski definition) is 0. The van der Waals surface area contributed by atoms with Crippen LogP contribution in [0.15, 0.2) is 42.5 Å². The number of fused-ring (bicyclic) bond motifs is 1. The lowest BCUT2D eigenvalue weighted by Crippen LogP contribution is -2.25. The van der Waals surface area contributed by atoms with E-state index in [0.717, 1.165) is 35.4 Å². The molecule has 0 unspecified atom stereocenters. The summed E-state index contributed by atoms with van der Waals surface area (Å²) in [5.41, 5.74) is 3.57. The zero-order chi connectivity index (χ0) is 18.5. The molecule has 0 saturated carbocycles. The summed E-state index contributed by atoms with van der Waals surface area (Å²) in [6, 6.07) is 13.7. The molecule has 0 aliphatic carbocycles. The first-order chi connectivity index (χ1) is 12.7. The van der Waals surface area contributed by atoms with Crippen LogP contribution in [0.2, 0.25) is 0 Å². The summed E-state index contributed by atoms with van der Waals surface area (Å²) < 4.78 is 11.3. The van der Waals surface area contributed by atoms with Gasteiger partial charge in [0.1, 0.15) is 0 Å². The number of methoxy groups -OCH3 is 1. The fraction of sp³-hybridized carbons (Fsp3) is 0.318. The Balaban J connectivity index is 1.93. The van der Waals surface area contributed by atoms with E-state index in [1.54, 1.807) is 12.0 Å². The van der Waals surface area contributed by atoms with Crippen molar-refractivity contribution in [3.8, 4) is 11.5 Å². The van der Waals surface area contributed by atoms with Crippen LogP contribution in [0.25, 0.3) is 11.6 Å². The highest BCUT2D eigenvalue weighted by atomic mass is 16.5. The molecule has 1 aliphatic rings. The van der Waals surface area contributed by atoms with E-state index in [2.05, 4.69) is 6.92 Å². The summed E-state index contributed by atoms with van der Waals surface area (Å²) in [7, 11) is 1.63. The predicted molar refractivity (Wildman–Crippen MR) is 106 cm³/mol. The molecular weight excluding hydrogens is 326 g/mol. The largest absolute Gasteiger partial charge is 0.493 e. The van der Waals surface area contributed by atoms with Crippen LogP contribution in [-0.4, -0.2) is 26.2 Å². The number of likely N-dealkylation sites (N-methyl/N-ethyl adjacent to an activating group) is 1. The number of ether oxygens (including phenoxy) is 2. The molecule has 0 atom stereocenters. The quantitative estimate of drug-likeness (QED) is 0.532. The van der Waals surface area contributed by atoms with Gasteiger partial charge in [-0.25, -0.2) is 0 Å². The van der Waals surface area contributed by atoms with Gasteiger partial charge in [-0.05, 0) is 43.2 Å². The molecule has 0 N–H and O–H groups in total. The Labute approximate surface area is 155 Å². The fourth-order valence-corrected chi connectivity index (χ4v) is 3.15. The van der Waals surface area contributed by atoms with Crippen LogP contribution >= 0.6 is 0 Å². The standard InChI is InChI=1S/C22H25NO3/c1-4-6-13-26-20-12-11-16(15-21(20)25-3)14-18-17-9-7-8-10-19(17)23(5-2)22(18)24/h7-12,14-15H,4-6,13H2,1-3H3/b18-14+. The lowest BCUT2D eigenvalue weighted by Gasteiger charge is -2.13. The highest BCUT2D eigenvalue weighted by Gasteiger charge is 2.30. The minimum Gasteiger partial charge on any atom is -0.493 e. The lowest BCUT2D eigenvalue weighted by molar-refractivity contribution is -0.112. The molecule has 1 amide bonds. The van der Waals surface area contributed by atoms with Gasteiger partial charge in [-0.1, -0.05) is 37.6 Å². The van der Waals surface area contributed by atoms with Crippen LogP contribution in [0.1, 0.15) is 37.8 Å². The zero-order valence-electron chi connectivity index (χ0n) is 15.6. The molecule has 3 rings (SSSR count). The first kappa shape index (κ1) is 18.1. The van der Waals surface area contributed by atoms with Crippen LogP contribution < -0.4 is 14.4 Å². The van der Waals surface area contributed by atoms with Crippen LogP contribution in [0.4, 0.5) is 5.69 Å². The number of unbranched alkanes of at least 4 members (excludes halogenated alkanes) is 1. The summed E-state index contributed by atoms with van der Waals surface area (Å²) in [5, 5.41) is 0. The number of carbonyl (C=O) groups is 1. The topological polar surface area (TPSA) is 38.8 Å².